The Morgan fingerprint density at radius 3 is 3.00 bits per heavy atom. The summed E-state index contributed by atoms with van der Waals surface area (Å²) in [6, 6.07) is 1.90. The standard InChI is InChI=1S/C11H14N4/c1-3-9(2)11-10(7-12-8-13-11)15-6-4-5-14-15/h4-9H,3H2,1-2H3. The molecule has 0 bridgehead atoms. The van der Waals surface area contributed by atoms with Gasteiger partial charge in [-0.2, -0.15) is 5.10 Å². The van der Waals surface area contributed by atoms with Gasteiger partial charge in [0, 0.05) is 18.3 Å². The predicted molar refractivity (Wildman–Crippen MR) is 57.9 cm³/mol. The lowest BCUT2D eigenvalue weighted by Gasteiger charge is -2.12. The van der Waals surface area contributed by atoms with Gasteiger partial charge in [0.2, 0.25) is 0 Å². The maximum atomic E-state index is 4.33. The van der Waals surface area contributed by atoms with E-state index in [1.54, 1.807) is 12.5 Å². The van der Waals surface area contributed by atoms with Gasteiger partial charge in [0.25, 0.3) is 0 Å². The van der Waals surface area contributed by atoms with E-state index in [1.165, 1.54) is 0 Å². The molecule has 0 spiro atoms. The summed E-state index contributed by atoms with van der Waals surface area (Å²) in [6.07, 6.45) is 8.12. The third kappa shape index (κ3) is 1.88. The first-order chi connectivity index (χ1) is 7.33. The number of nitrogens with zero attached hydrogens (tertiary/aromatic N) is 4. The maximum Gasteiger partial charge on any atom is 0.115 e. The molecule has 0 aliphatic carbocycles. The Balaban J connectivity index is 2.47. The fourth-order valence-electron chi connectivity index (χ4n) is 1.49. The van der Waals surface area contributed by atoms with Crippen LogP contribution in [-0.4, -0.2) is 19.7 Å². The van der Waals surface area contributed by atoms with Crippen molar-refractivity contribution >= 4 is 0 Å². The van der Waals surface area contributed by atoms with E-state index in [-0.39, 0.29) is 0 Å². The van der Waals surface area contributed by atoms with Crippen LogP contribution < -0.4 is 0 Å². The van der Waals surface area contributed by atoms with Crippen molar-refractivity contribution in [2.24, 2.45) is 0 Å². The van der Waals surface area contributed by atoms with Crippen LogP contribution in [-0.2, 0) is 0 Å². The zero-order valence-electron chi connectivity index (χ0n) is 8.96. The van der Waals surface area contributed by atoms with Gasteiger partial charge in [0.1, 0.15) is 12.0 Å². The SMILES string of the molecule is CCC(C)c1ncncc1-n1cccn1. The predicted octanol–water partition coefficient (Wildman–Crippen LogP) is 2.18. The van der Waals surface area contributed by atoms with Crippen molar-refractivity contribution in [2.75, 3.05) is 0 Å². The molecule has 2 rings (SSSR count). The lowest BCUT2D eigenvalue weighted by atomic mass is 10.0. The number of hydrogen-bond acceptors (Lipinski definition) is 3. The summed E-state index contributed by atoms with van der Waals surface area (Å²) < 4.78 is 1.81. The first-order valence-corrected chi connectivity index (χ1v) is 5.12. The monoisotopic (exact) mass is 202 g/mol. The maximum absolute atomic E-state index is 4.33. The summed E-state index contributed by atoms with van der Waals surface area (Å²) in [5.74, 6) is 0.423. The molecule has 15 heavy (non-hydrogen) atoms. The first-order valence-electron chi connectivity index (χ1n) is 5.12. The second-order valence-corrected chi connectivity index (χ2v) is 3.55. The van der Waals surface area contributed by atoms with Crippen molar-refractivity contribution < 1.29 is 0 Å². The molecular weight excluding hydrogens is 188 g/mol. The average molecular weight is 202 g/mol. The fraction of sp³-hybridized carbons (Fsp3) is 0.364. The molecule has 2 aromatic rings. The van der Waals surface area contributed by atoms with Crippen LogP contribution in [0.5, 0.6) is 0 Å². The molecule has 2 heterocycles. The molecule has 0 N–H and O–H groups in total. The van der Waals surface area contributed by atoms with E-state index in [0.29, 0.717) is 5.92 Å². The highest BCUT2D eigenvalue weighted by Crippen LogP contribution is 2.21. The number of rotatable bonds is 3. The average Bonchev–Trinajstić information content (AvgIpc) is 2.81. The van der Waals surface area contributed by atoms with E-state index in [0.717, 1.165) is 17.8 Å². The minimum absolute atomic E-state index is 0.423. The third-order valence-corrected chi connectivity index (χ3v) is 2.55. The quantitative estimate of drug-likeness (QED) is 0.766. The van der Waals surface area contributed by atoms with Gasteiger partial charge in [-0.3, -0.25) is 0 Å². The zero-order valence-corrected chi connectivity index (χ0v) is 8.96. The minimum atomic E-state index is 0.423. The van der Waals surface area contributed by atoms with Crippen molar-refractivity contribution in [1.29, 1.82) is 0 Å². The molecule has 0 radical (unpaired) electrons. The Hall–Kier alpha value is -1.71. The van der Waals surface area contributed by atoms with Gasteiger partial charge in [0.15, 0.2) is 0 Å². The number of hydrogen-bond donors (Lipinski definition) is 0. The lowest BCUT2D eigenvalue weighted by molar-refractivity contribution is 0.686. The summed E-state index contributed by atoms with van der Waals surface area (Å²) in [7, 11) is 0. The highest BCUT2D eigenvalue weighted by molar-refractivity contribution is 5.34. The van der Waals surface area contributed by atoms with E-state index in [4.69, 9.17) is 0 Å². The Morgan fingerprint density at radius 1 is 1.47 bits per heavy atom. The summed E-state index contributed by atoms with van der Waals surface area (Å²) in [6.45, 7) is 4.31. The van der Waals surface area contributed by atoms with Crippen LogP contribution >= 0.6 is 0 Å². The molecule has 78 valence electrons. The van der Waals surface area contributed by atoms with Gasteiger partial charge in [0.05, 0.1) is 11.9 Å². The molecule has 0 aromatic carbocycles. The molecule has 0 amide bonds. The van der Waals surface area contributed by atoms with Crippen LogP contribution in [0.15, 0.2) is 31.0 Å². The molecule has 0 saturated heterocycles. The van der Waals surface area contributed by atoms with Crippen LogP contribution in [0.1, 0.15) is 31.9 Å². The molecule has 1 unspecified atom stereocenters. The van der Waals surface area contributed by atoms with Gasteiger partial charge in [-0.1, -0.05) is 13.8 Å². The van der Waals surface area contributed by atoms with E-state index < -0.39 is 0 Å². The van der Waals surface area contributed by atoms with Crippen LogP contribution in [0.25, 0.3) is 5.69 Å². The fourth-order valence-corrected chi connectivity index (χ4v) is 1.49. The van der Waals surface area contributed by atoms with Crippen LogP contribution in [0, 0.1) is 0 Å². The van der Waals surface area contributed by atoms with E-state index >= 15 is 0 Å². The molecular formula is C11H14N4. The summed E-state index contributed by atoms with van der Waals surface area (Å²) >= 11 is 0. The van der Waals surface area contributed by atoms with Crippen LogP contribution in [0.2, 0.25) is 0 Å². The molecule has 0 fully saturated rings. The van der Waals surface area contributed by atoms with Gasteiger partial charge in [-0.15, -0.1) is 0 Å². The molecule has 4 nitrogen and oxygen atoms in total. The van der Waals surface area contributed by atoms with Crippen molar-refractivity contribution in [1.82, 2.24) is 19.7 Å². The highest BCUT2D eigenvalue weighted by atomic mass is 15.3. The van der Waals surface area contributed by atoms with Crippen molar-refractivity contribution in [3.05, 3.63) is 36.7 Å². The first kappa shape index (κ1) is 9.83. The molecule has 0 aliphatic heterocycles. The topological polar surface area (TPSA) is 43.6 Å². The molecule has 1 atom stereocenters. The van der Waals surface area contributed by atoms with Crippen molar-refractivity contribution in [2.45, 2.75) is 26.2 Å². The normalized spacial score (nSPS) is 12.7. The summed E-state index contributed by atoms with van der Waals surface area (Å²) in [4.78, 5) is 8.38. The molecule has 0 saturated carbocycles. The molecule has 2 aromatic heterocycles. The Kier molecular flexibility index (Phi) is 2.76. The molecule has 4 heteroatoms. The summed E-state index contributed by atoms with van der Waals surface area (Å²) in [5.41, 5.74) is 2.02. The Morgan fingerprint density at radius 2 is 2.33 bits per heavy atom. The van der Waals surface area contributed by atoms with Crippen molar-refractivity contribution in [3.8, 4) is 5.69 Å². The second-order valence-electron chi connectivity index (χ2n) is 3.55. The minimum Gasteiger partial charge on any atom is -0.243 e. The van der Waals surface area contributed by atoms with Crippen LogP contribution in [0.3, 0.4) is 0 Å². The van der Waals surface area contributed by atoms with Gasteiger partial charge in [-0.25, -0.2) is 14.6 Å². The van der Waals surface area contributed by atoms with Crippen LogP contribution in [0.4, 0.5) is 0 Å². The smallest absolute Gasteiger partial charge is 0.115 e. The largest absolute Gasteiger partial charge is 0.243 e. The molecule has 0 aliphatic rings. The number of aromatic nitrogens is 4. The lowest BCUT2D eigenvalue weighted by Crippen LogP contribution is -2.06. The van der Waals surface area contributed by atoms with E-state index in [9.17, 15) is 0 Å². The van der Waals surface area contributed by atoms with E-state index in [2.05, 4.69) is 28.9 Å². The van der Waals surface area contributed by atoms with E-state index in [1.807, 2.05) is 23.1 Å². The van der Waals surface area contributed by atoms with Gasteiger partial charge < -0.3 is 0 Å². The third-order valence-electron chi connectivity index (χ3n) is 2.55. The second kappa shape index (κ2) is 4.21. The van der Waals surface area contributed by atoms with Gasteiger partial charge >= 0.3 is 0 Å². The Bertz CT molecular complexity index is 422. The Labute approximate surface area is 89.0 Å². The zero-order chi connectivity index (χ0) is 10.7. The highest BCUT2D eigenvalue weighted by Gasteiger charge is 2.11. The van der Waals surface area contributed by atoms with Gasteiger partial charge in [-0.05, 0) is 12.5 Å². The summed E-state index contributed by atoms with van der Waals surface area (Å²) in [5, 5.41) is 4.20. The van der Waals surface area contributed by atoms with Crippen molar-refractivity contribution in [3.63, 3.8) is 0 Å².